The number of Topliss-reactive ketones (excluding diaryl/α,β-unsaturated/α-hetero) is 1. The number of pyridine rings is 1. The summed E-state index contributed by atoms with van der Waals surface area (Å²) in [5, 5.41) is 0.963. The van der Waals surface area contributed by atoms with Crippen molar-refractivity contribution in [3.05, 3.63) is 89.1 Å². The number of nitrogens with zero attached hydrogens (tertiary/aromatic N) is 2. The van der Waals surface area contributed by atoms with Gasteiger partial charge in [0.2, 0.25) is 5.78 Å². The van der Waals surface area contributed by atoms with E-state index >= 15 is 0 Å². The molecule has 0 radical (unpaired) electrons. The molecule has 0 unspecified atom stereocenters. The number of benzene rings is 2. The number of carbonyl (C=O) groups is 2. The lowest BCUT2D eigenvalue weighted by atomic mass is 10.1. The van der Waals surface area contributed by atoms with Crippen LogP contribution in [0.4, 0.5) is 0 Å². The van der Waals surface area contributed by atoms with Crippen LogP contribution < -0.4 is 14.2 Å². The molecule has 4 aromatic rings. The van der Waals surface area contributed by atoms with E-state index in [0.29, 0.717) is 28.2 Å². The number of carbonyl (C=O) groups excluding carboxylic acids is 2. The molecule has 0 saturated heterocycles. The monoisotopic (exact) mass is 454 g/mol. The summed E-state index contributed by atoms with van der Waals surface area (Å²) in [5.74, 6) is 0.959. The topological polar surface area (TPSA) is 79.7 Å². The summed E-state index contributed by atoms with van der Waals surface area (Å²) in [6, 6.07) is 12.3. The fourth-order valence-electron chi connectivity index (χ4n) is 4.07. The highest BCUT2D eigenvalue weighted by Gasteiger charge is 2.31. The molecule has 0 aliphatic carbocycles. The van der Waals surface area contributed by atoms with Crippen LogP contribution in [-0.2, 0) is 6.54 Å². The predicted molar refractivity (Wildman–Crippen MR) is 127 cm³/mol. The van der Waals surface area contributed by atoms with Crippen molar-refractivity contribution in [1.29, 1.82) is 0 Å². The van der Waals surface area contributed by atoms with Crippen LogP contribution in [0.3, 0.4) is 0 Å². The van der Waals surface area contributed by atoms with Gasteiger partial charge in [0.25, 0.3) is 0 Å². The first-order valence-corrected chi connectivity index (χ1v) is 10.9. The predicted octanol–water partition coefficient (Wildman–Crippen LogP) is 5.21. The third-order valence-corrected chi connectivity index (χ3v) is 5.90. The molecule has 0 atom stereocenters. The third kappa shape index (κ3) is 3.61. The number of rotatable bonds is 5. The molecule has 0 amide bonds. The number of esters is 1. The van der Waals surface area contributed by atoms with Crippen molar-refractivity contribution in [3.63, 3.8) is 0 Å². The molecule has 0 N–H and O–H groups in total. The van der Waals surface area contributed by atoms with Gasteiger partial charge in [0, 0.05) is 47.2 Å². The van der Waals surface area contributed by atoms with Crippen LogP contribution in [0.25, 0.3) is 17.0 Å². The van der Waals surface area contributed by atoms with E-state index in [4.69, 9.17) is 14.2 Å². The second-order valence-electron chi connectivity index (χ2n) is 7.88. The minimum Gasteiger partial charge on any atom is -0.497 e. The van der Waals surface area contributed by atoms with Gasteiger partial charge < -0.3 is 18.8 Å². The van der Waals surface area contributed by atoms with E-state index in [2.05, 4.69) is 16.5 Å². The number of allylic oxidation sites excluding steroid dienone is 1. The van der Waals surface area contributed by atoms with Crippen LogP contribution >= 0.6 is 0 Å². The standard InChI is InChI=1S/C27H22N2O5/c1-4-29-15-18(21-14-19(32-3)5-7-22(21)29)13-24-25(30)20-6-8-23(16(2)26(20)33-24)34-27(31)17-9-11-28-12-10-17/h5-15H,4H2,1-3H3/b24-13-. The Morgan fingerprint density at radius 2 is 1.94 bits per heavy atom. The first-order valence-electron chi connectivity index (χ1n) is 10.9. The molecule has 7 heteroatoms. The number of methoxy groups -OCH3 is 1. The van der Waals surface area contributed by atoms with Gasteiger partial charge >= 0.3 is 5.97 Å². The summed E-state index contributed by atoms with van der Waals surface area (Å²) in [6.45, 7) is 4.61. The van der Waals surface area contributed by atoms with E-state index in [9.17, 15) is 9.59 Å². The van der Waals surface area contributed by atoms with E-state index in [1.807, 2.05) is 24.4 Å². The number of ketones is 1. The Hall–Kier alpha value is -4.39. The van der Waals surface area contributed by atoms with Gasteiger partial charge in [-0.3, -0.25) is 9.78 Å². The SMILES string of the molecule is CCn1cc(/C=C2\Oc3c(ccc(OC(=O)c4ccncc4)c3C)C2=O)c2cc(OC)ccc21. The van der Waals surface area contributed by atoms with Gasteiger partial charge in [-0.2, -0.15) is 0 Å². The van der Waals surface area contributed by atoms with Crippen LogP contribution in [0.1, 0.15) is 38.8 Å². The van der Waals surface area contributed by atoms with Crippen molar-refractivity contribution < 1.29 is 23.8 Å². The first-order chi connectivity index (χ1) is 16.5. The van der Waals surface area contributed by atoms with E-state index in [0.717, 1.165) is 28.8 Å². The van der Waals surface area contributed by atoms with Crippen molar-refractivity contribution in [2.45, 2.75) is 20.4 Å². The van der Waals surface area contributed by atoms with Gasteiger partial charge in [0.1, 0.15) is 17.2 Å². The van der Waals surface area contributed by atoms with E-state index < -0.39 is 5.97 Å². The second-order valence-corrected chi connectivity index (χ2v) is 7.88. The molecule has 0 spiro atoms. The Balaban J connectivity index is 1.49. The van der Waals surface area contributed by atoms with E-state index in [1.54, 1.807) is 44.4 Å². The highest BCUT2D eigenvalue weighted by molar-refractivity contribution is 6.15. The second kappa shape index (κ2) is 8.51. The molecule has 5 rings (SSSR count). The quantitative estimate of drug-likeness (QED) is 0.234. The minimum absolute atomic E-state index is 0.216. The number of ether oxygens (including phenoxy) is 3. The van der Waals surface area contributed by atoms with Crippen molar-refractivity contribution in [2.75, 3.05) is 7.11 Å². The minimum atomic E-state index is -0.508. The normalized spacial score (nSPS) is 13.7. The molecule has 0 saturated carbocycles. The highest BCUT2D eigenvalue weighted by atomic mass is 16.5. The molecule has 0 bridgehead atoms. The molecule has 3 heterocycles. The van der Waals surface area contributed by atoms with Gasteiger partial charge in [-0.15, -0.1) is 0 Å². The van der Waals surface area contributed by atoms with Gasteiger partial charge in [0.05, 0.1) is 18.2 Å². The van der Waals surface area contributed by atoms with E-state index in [1.165, 1.54) is 12.4 Å². The molecule has 34 heavy (non-hydrogen) atoms. The Morgan fingerprint density at radius 1 is 1.15 bits per heavy atom. The van der Waals surface area contributed by atoms with Crippen LogP contribution in [0.2, 0.25) is 0 Å². The summed E-state index contributed by atoms with van der Waals surface area (Å²) in [6.07, 6.45) is 6.79. The molecule has 7 nitrogen and oxygen atoms in total. The summed E-state index contributed by atoms with van der Waals surface area (Å²) in [4.78, 5) is 29.5. The van der Waals surface area contributed by atoms with Crippen LogP contribution in [-0.4, -0.2) is 28.4 Å². The van der Waals surface area contributed by atoms with Gasteiger partial charge in [0.15, 0.2) is 5.76 Å². The maximum absolute atomic E-state index is 13.1. The third-order valence-electron chi connectivity index (χ3n) is 5.90. The zero-order valence-corrected chi connectivity index (χ0v) is 19.0. The average molecular weight is 454 g/mol. The molecule has 1 aliphatic heterocycles. The van der Waals surface area contributed by atoms with Crippen molar-refractivity contribution >= 4 is 28.7 Å². The maximum atomic E-state index is 13.1. The Morgan fingerprint density at radius 3 is 2.68 bits per heavy atom. The van der Waals surface area contributed by atoms with Crippen molar-refractivity contribution in [3.8, 4) is 17.2 Å². The molecule has 2 aromatic heterocycles. The lowest BCUT2D eigenvalue weighted by Gasteiger charge is -2.10. The summed E-state index contributed by atoms with van der Waals surface area (Å²) < 4.78 is 19.0. The molecule has 2 aromatic carbocycles. The Bertz CT molecular complexity index is 1470. The molecule has 1 aliphatic rings. The van der Waals surface area contributed by atoms with Crippen LogP contribution in [0, 0.1) is 6.92 Å². The fourth-order valence-corrected chi connectivity index (χ4v) is 4.07. The zero-order valence-electron chi connectivity index (χ0n) is 19.0. The number of aryl methyl sites for hydroxylation is 1. The Labute approximate surface area is 196 Å². The zero-order chi connectivity index (χ0) is 23.8. The van der Waals surface area contributed by atoms with Crippen LogP contribution in [0.5, 0.6) is 17.2 Å². The smallest absolute Gasteiger partial charge is 0.343 e. The largest absolute Gasteiger partial charge is 0.497 e. The number of hydrogen-bond donors (Lipinski definition) is 0. The summed E-state index contributed by atoms with van der Waals surface area (Å²) in [7, 11) is 1.62. The average Bonchev–Trinajstić information content (AvgIpc) is 3.38. The molecular weight excluding hydrogens is 432 g/mol. The van der Waals surface area contributed by atoms with Gasteiger partial charge in [-0.25, -0.2) is 4.79 Å². The lowest BCUT2D eigenvalue weighted by molar-refractivity contribution is 0.0733. The first kappa shape index (κ1) is 21.5. The lowest BCUT2D eigenvalue weighted by Crippen LogP contribution is -2.09. The van der Waals surface area contributed by atoms with Crippen LogP contribution in [0.15, 0.2) is 66.8 Å². The van der Waals surface area contributed by atoms with Crippen molar-refractivity contribution in [1.82, 2.24) is 9.55 Å². The Kier molecular flexibility index (Phi) is 5.37. The number of fused-ring (bicyclic) bond motifs is 2. The number of hydrogen-bond acceptors (Lipinski definition) is 6. The number of aromatic nitrogens is 2. The highest BCUT2D eigenvalue weighted by Crippen LogP contribution is 2.40. The van der Waals surface area contributed by atoms with Crippen molar-refractivity contribution in [2.24, 2.45) is 0 Å². The van der Waals surface area contributed by atoms with E-state index in [-0.39, 0.29) is 11.5 Å². The van der Waals surface area contributed by atoms with Gasteiger partial charge in [-0.05, 0) is 62.4 Å². The molecule has 0 fully saturated rings. The molecule has 170 valence electrons. The summed E-state index contributed by atoms with van der Waals surface area (Å²) >= 11 is 0. The summed E-state index contributed by atoms with van der Waals surface area (Å²) in [5.41, 5.74) is 3.29. The maximum Gasteiger partial charge on any atom is 0.343 e. The fraction of sp³-hybridized carbons (Fsp3) is 0.148. The van der Waals surface area contributed by atoms with Gasteiger partial charge in [-0.1, -0.05) is 0 Å². The molecular formula is C27H22N2O5.